The fraction of sp³-hybridized carbons (Fsp3) is 0.412. The van der Waals surface area contributed by atoms with Crippen LogP contribution in [0.4, 0.5) is 14.5 Å². The first-order chi connectivity index (χ1) is 12.4. The smallest absolute Gasteiger partial charge is 0.423 e. The minimum atomic E-state index is -4.01. The van der Waals surface area contributed by atoms with Crippen LogP contribution in [0.2, 0.25) is 0 Å². The predicted octanol–water partition coefficient (Wildman–Crippen LogP) is 2.09. The third-order valence-electron chi connectivity index (χ3n) is 4.09. The third-order valence-corrected chi connectivity index (χ3v) is 4.09. The highest BCUT2D eigenvalue weighted by Crippen LogP contribution is 2.39. The Morgan fingerprint density at radius 1 is 1.31 bits per heavy atom. The number of anilines is 1. The van der Waals surface area contributed by atoms with E-state index in [-0.39, 0.29) is 18.0 Å². The van der Waals surface area contributed by atoms with Crippen molar-refractivity contribution in [1.82, 2.24) is 5.32 Å². The van der Waals surface area contributed by atoms with Gasteiger partial charge in [-0.15, -0.1) is 12.3 Å². The van der Waals surface area contributed by atoms with Crippen LogP contribution in [-0.4, -0.2) is 36.7 Å². The molecule has 7 nitrogen and oxygen atoms in total. The number of nitrogens with zero attached hydrogens (tertiary/aromatic N) is 3. The zero-order valence-corrected chi connectivity index (χ0v) is 13.7. The van der Waals surface area contributed by atoms with E-state index in [1.54, 1.807) is 6.07 Å². The fourth-order valence-corrected chi connectivity index (χ4v) is 2.64. The molecule has 1 aromatic carbocycles. The van der Waals surface area contributed by atoms with E-state index in [0.717, 1.165) is 0 Å². The zero-order chi connectivity index (χ0) is 18.8. The molecule has 0 atom stereocenters. The van der Waals surface area contributed by atoms with E-state index in [2.05, 4.69) is 26.2 Å². The molecule has 0 unspecified atom stereocenters. The second kappa shape index (κ2) is 6.71. The molecule has 0 saturated heterocycles. The van der Waals surface area contributed by atoms with Crippen LogP contribution >= 0.6 is 0 Å². The van der Waals surface area contributed by atoms with Crippen molar-refractivity contribution in [3.05, 3.63) is 24.3 Å². The van der Waals surface area contributed by atoms with E-state index < -0.39 is 30.1 Å². The van der Waals surface area contributed by atoms with Gasteiger partial charge in [0, 0.05) is 25.8 Å². The molecule has 0 aromatic heterocycles. The summed E-state index contributed by atoms with van der Waals surface area (Å²) in [4.78, 5) is 24.8. The lowest BCUT2D eigenvalue weighted by molar-refractivity contribution is -0.192. The number of carbonyl (C=O) groups is 2. The number of amides is 2. The van der Waals surface area contributed by atoms with Crippen molar-refractivity contribution < 1.29 is 23.1 Å². The van der Waals surface area contributed by atoms with E-state index in [1.807, 2.05) is 0 Å². The summed E-state index contributed by atoms with van der Waals surface area (Å²) in [5.41, 5.74) is -0.426. The Bertz CT molecular complexity index is 797. The molecule has 136 valence electrons. The van der Waals surface area contributed by atoms with Gasteiger partial charge in [0.15, 0.2) is 11.4 Å². The molecule has 26 heavy (non-hydrogen) atoms. The van der Waals surface area contributed by atoms with E-state index >= 15 is 0 Å². The Balaban J connectivity index is 1.58. The predicted molar refractivity (Wildman–Crippen MR) is 87.7 cm³/mol. The Morgan fingerprint density at radius 3 is 2.73 bits per heavy atom. The first-order valence-corrected chi connectivity index (χ1v) is 7.99. The number of halogens is 2. The van der Waals surface area contributed by atoms with Crippen molar-refractivity contribution in [2.24, 2.45) is 10.2 Å². The lowest BCUT2D eigenvalue weighted by Gasteiger charge is -2.32. The number of nitrogens with one attached hydrogen (secondary N) is 1. The maximum Gasteiger partial charge on any atom is 0.482 e. The van der Waals surface area contributed by atoms with E-state index in [4.69, 9.17) is 6.42 Å². The summed E-state index contributed by atoms with van der Waals surface area (Å²) in [6.45, 7) is -0.298. The van der Waals surface area contributed by atoms with Crippen LogP contribution in [0.15, 0.2) is 34.5 Å². The molecule has 9 heteroatoms. The molecule has 1 N–H and O–H groups in total. The van der Waals surface area contributed by atoms with Gasteiger partial charge in [-0.3, -0.25) is 14.5 Å². The minimum Gasteiger partial charge on any atom is -0.423 e. The average molecular weight is 362 g/mol. The molecule has 1 aromatic rings. The van der Waals surface area contributed by atoms with Gasteiger partial charge in [-0.1, -0.05) is 12.1 Å². The summed E-state index contributed by atoms with van der Waals surface area (Å²) in [5.74, 6) is 0.196. The summed E-state index contributed by atoms with van der Waals surface area (Å²) in [5, 5.41) is 10.5. The number of carbonyl (C=O) groups excluding carboxylic acids is 2. The normalized spacial score (nSPS) is 18.5. The largest absolute Gasteiger partial charge is 0.482 e. The molecule has 0 spiro atoms. The summed E-state index contributed by atoms with van der Waals surface area (Å²) in [6, 6.07) is 5.81. The monoisotopic (exact) mass is 362 g/mol. The van der Waals surface area contributed by atoms with Crippen LogP contribution in [0.25, 0.3) is 0 Å². The van der Waals surface area contributed by atoms with Crippen molar-refractivity contribution >= 4 is 17.5 Å². The van der Waals surface area contributed by atoms with Crippen LogP contribution in [0, 0.1) is 12.3 Å². The maximum absolute atomic E-state index is 13.7. The number of rotatable bonds is 7. The SMILES string of the molecule is C#CCCC1(CCNC(=O)CN2C(=O)C(F)(F)Oc3ccccc32)N=N1. The highest BCUT2D eigenvalue weighted by Gasteiger charge is 2.50. The Labute approximate surface area is 148 Å². The number of terminal acetylenes is 1. The first-order valence-electron chi connectivity index (χ1n) is 7.99. The molecule has 0 radical (unpaired) electrons. The fourth-order valence-electron chi connectivity index (χ4n) is 2.64. The number of alkyl halides is 2. The van der Waals surface area contributed by atoms with Crippen LogP contribution in [0.3, 0.4) is 0 Å². The number of benzene rings is 1. The van der Waals surface area contributed by atoms with Crippen molar-refractivity contribution in [2.75, 3.05) is 18.0 Å². The quantitative estimate of drug-likeness (QED) is 0.754. The standard InChI is InChI=1S/C17H16F2N4O3/c1-2-3-8-16(21-22-16)9-10-20-14(24)11-23-12-6-4-5-7-13(12)26-17(18,19)15(23)25/h1,4-7H,3,8-11H2,(H,20,24). The van der Waals surface area contributed by atoms with E-state index in [1.165, 1.54) is 18.2 Å². The van der Waals surface area contributed by atoms with Gasteiger partial charge in [-0.25, -0.2) is 0 Å². The lowest BCUT2D eigenvalue weighted by atomic mass is 10.0. The van der Waals surface area contributed by atoms with Crippen LogP contribution in [0.1, 0.15) is 19.3 Å². The second-order valence-corrected chi connectivity index (χ2v) is 5.96. The van der Waals surface area contributed by atoms with E-state index in [0.29, 0.717) is 24.2 Å². The highest BCUT2D eigenvalue weighted by molar-refractivity contribution is 6.04. The molecule has 0 saturated carbocycles. The molecule has 2 aliphatic heterocycles. The van der Waals surface area contributed by atoms with E-state index in [9.17, 15) is 18.4 Å². The molecule has 2 amide bonds. The Hall–Kier alpha value is -3.02. The number of hydrogen-bond donors (Lipinski definition) is 1. The Morgan fingerprint density at radius 2 is 2.04 bits per heavy atom. The zero-order valence-electron chi connectivity index (χ0n) is 13.7. The summed E-state index contributed by atoms with van der Waals surface area (Å²) in [6.07, 6.45) is 2.78. The van der Waals surface area contributed by atoms with Gasteiger partial charge in [0.1, 0.15) is 6.54 Å². The first kappa shape index (κ1) is 17.8. The Kier molecular flexibility index (Phi) is 4.59. The van der Waals surface area contributed by atoms with Crippen molar-refractivity contribution in [3.8, 4) is 18.1 Å². The number of hydrogen-bond acceptors (Lipinski definition) is 5. The molecule has 0 bridgehead atoms. The van der Waals surface area contributed by atoms with Gasteiger partial charge >= 0.3 is 12.0 Å². The van der Waals surface area contributed by atoms with Gasteiger partial charge in [-0.2, -0.15) is 19.0 Å². The summed E-state index contributed by atoms with van der Waals surface area (Å²) >= 11 is 0. The van der Waals surface area contributed by atoms with Crippen LogP contribution in [0.5, 0.6) is 5.75 Å². The van der Waals surface area contributed by atoms with Crippen molar-refractivity contribution in [3.63, 3.8) is 0 Å². The van der Waals surface area contributed by atoms with Gasteiger partial charge in [0.05, 0.1) is 5.69 Å². The van der Waals surface area contributed by atoms with Gasteiger partial charge in [-0.05, 0) is 12.1 Å². The molecular formula is C17H16F2N4O3. The second-order valence-electron chi connectivity index (χ2n) is 5.96. The highest BCUT2D eigenvalue weighted by atomic mass is 19.3. The summed E-state index contributed by atoms with van der Waals surface area (Å²) in [7, 11) is 0. The number of ether oxygens (including phenoxy) is 1. The van der Waals surface area contributed by atoms with Crippen molar-refractivity contribution in [1.29, 1.82) is 0 Å². The van der Waals surface area contributed by atoms with Gasteiger partial charge in [0.25, 0.3) is 0 Å². The van der Waals surface area contributed by atoms with Crippen molar-refractivity contribution in [2.45, 2.75) is 31.0 Å². The lowest BCUT2D eigenvalue weighted by Crippen LogP contribution is -2.53. The number of para-hydroxylation sites is 2. The molecule has 2 aliphatic rings. The molecule has 0 fully saturated rings. The maximum atomic E-state index is 13.7. The average Bonchev–Trinajstić information content (AvgIpc) is 3.37. The van der Waals surface area contributed by atoms with Gasteiger partial charge in [0.2, 0.25) is 5.91 Å². The van der Waals surface area contributed by atoms with Crippen LogP contribution in [-0.2, 0) is 9.59 Å². The topological polar surface area (TPSA) is 83.4 Å². The summed E-state index contributed by atoms with van der Waals surface area (Å²) < 4.78 is 31.9. The van der Waals surface area contributed by atoms with Crippen LogP contribution < -0.4 is 15.0 Å². The number of fused-ring (bicyclic) bond motifs is 1. The molecule has 3 rings (SSSR count). The molecule has 0 aliphatic carbocycles. The minimum absolute atomic E-state index is 0.122. The molecular weight excluding hydrogens is 346 g/mol. The molecule has 2 heterocycles. The van der Waals surface area contributed by atoms with Gasteiger partial charge < -0.3 is 10.1 Å². The third kappa shape index (κ3) is 3.64.